The average molecular weight is 266 g/mol. The Kier molecular flexibility index (Phi) is 4.14. The zero-order valence-electron chi connectivity index (χ0n) is 8.25. The van der Waals surface area contributed by atoms with Gasteiger partial charge in [0.15, 0.2) is 0 Å². The molecule has 0 aliphatic heterocycles. The first kappa shape index (κ1) is 13.5. The molecule has 0 aromatic heterocycles. The Morgan fingerprint density at radius 3 is 2.59 bits per heavy atom. The molecule has 0 unspecified atom stereocenters. The minimum atomic E-state index is -4.56. The maximum absolute atomic E-state index is 12.5. The number of hydrogen-bond donors (Lipinski definition) is 2. The van der Waals surface area contributed by atoms with Crippen LogP contribution in [-0.4, -0.2) is 11.1 Å². The number of nitrogens with one attached hydrogen (secondary N) is 1. The number of rotatable bonds is 2. The van der Waals surface area contributed by atoms with Crippen LogP contribution in [0.3, 0.4) is 0 Å². The predicted octanol–water partition coefficient (Wildman–Crippen LogP) is 2.88. The third-order valence-corrected chi connectivity index (χ3v) is 2.16. The van der Waals surface area contributed by atoms with Crippen LogP contribution >= 0.6 is 11.6 Å². The second-order valence-corrected chi connectivity index (χ2v) is 3.45. The van der Waals surface area contributed by atoms with Gasteiger partial charge in [-0.1, -0.05) is 17.7 Å². The molecule has 0 bridgehead atoms. The van der Waals surface area contributed by atoms with Crippen LogP contribution < -0.4 is 5.48 Å². The maximum atomic E-state index is 12.5. The van der Waals surface area contributed by atoms with Crippen molar-refractivity contribution in [2.45, 2.75) is 6.18 Å². The third kappa shape index (κ3) is 3.76. The fourth-order valence-electron chi connectivity index (χ4n) is 1.07. The number of alkyl halides is 3. The highest BCUT2D eigenvalue weighted by Gasteiger charge is 2.33. The number of amides is 1. The highest BCUT2D eigenvalue weighted by Crippen LogP contribution is 2.35. The topological polar surface area (TPSA) is 49.3 Å². The molecule has 0 fully saturated rings. The van der Waals surface area contributed by atoms with Crippen LogP contribution in [-0.2, 0) is 11.0 Å². The normalized spacial score (nSPS) is 11.8. The van der Waals surface area contributed by atoms with E-state index in [0.29, 0.717) is 0 Å². The van der Waals surface area contributed by atoms with Crippen molar-refractivity contribution >= 4 is 23.6 Å². The Balaban J connectivity index is 3.05. The van der Waals surface area contributed by atoms with E-state index in [1.165, 1.54) is 11.5 Å². The van der Waals surface area contributed by atoms with Gasteiger partial charge in [-0.05, 0) is 23.8 Å². The van der Waals surface area contributed by atoms with Gasteiger partial charge in [-0.15, -0.1) is 0 Å². The summed E-state index contributed by atoms with van der Waals surface area (Å²) in [5, 5.41) is 7.77. The van der Waals surface area contributed by atoms with Crippen molar-refractivity contribution < 1.29 is 23.2 Å². The van der Waals surface area contributed by atoms with Crippen LogP contribution in [0, 0.1) is 0 Å². The zero-order chi connectivity index (χ0) is 13.1. The van der Waals surface area contributed by atoms with E-state index in [1.54, 1.807) is 0 Å². The van der Waals surface area contributed by atoms with Gasteiger partial charge in [-0.25, -0.2) is 5.48 Å². The van der Waals surface area contributed by atoms with Gasteiger partial charge in [0, 0.05) is 6.08 Å². The minimum Gasteiger partial charge on any atom is -0.288 e. The molecule has 0 heterocycles. The fourth-order valence-corrected chi connectivity index (χ4v) is 1.30. The van der Waals surface area contributed by atoms with Crippen LogP contribution in [0.25, 0.3) is 6.08 Å². The monoisotopic (exact) mass is 265 g/mol. The van der Waals surface area contributed by atoms with E-state index < -0.39 is 22.7 Å². The van der Waals surface area contributed by atoms with Gasteiger partial charge in [-0.3, -0.25) is 10.0 Å². The van der Waals surface area contributed by atoms with Crippen molar-refractivity contribution in [3.8, 4) is 0 Å². The highest BCUT2D eigenvalue weighted by atomic mass is 35.5. The molecule has 0 atom stereocenters. The Hall–Kier alpha value is -1.53. The Morgan fingerprint density at radius 2 is 2.06 bits per heavy atom. The molecule has 0 aliphatic carbocycles. The molecule has 0 spiro atoms. The quantitative estimate of drug-likeness (QED) is 0.491. The van der Waals surface area contributed by atoms with E-state index in [2.05, 4.69) is 0 Å². The first-order valence-electron chi connectivity index (χ1n) is 4.33. The second kappa shape index (κ2) is 5.20. The van der Waals surface area contributed by atoms with E-state index in [9.17, 15) is 18.0 Å². The molecule has 17 heavy (non-hydrogen) atoms. The molecule has 7 heteroatoms. The molecule has 1 amide bonds. The standard InChI is InChI=1S/C10H7ClF3NO2/c11-8-3-1-6(2-4-9(16)15-17)5-7(8)10(12,13)14/h1-5,17H,(H,15,16)/b4-2+. The van der Waals surface area contributed by atoms with Crippen LogP contribution in [0.1, 0.15) is 11.1 Å². The Bertz CT molecular complexity index is 457. The van der Waals surface area contributed by atoms with Gasteiger partial charge in [0.25, 0.3) is 5.91 Å². The molecular formula is C10H7ClF3NO2. The van der Waals surface area contributed by atoms with Gasteiger partial charge in [0.2, 0.25) is 0 Å². The second-order valence-electron chi connectivity index (χ2n) is 3.05. The van der Waals surface area contributed by atoms with Crippen molar-refractivity contribution in [2.24, 2.45) is 0 Å². The molecular weight excluding hydrogens is 259 g/mol. The SMILES string of the molecule is O=C(/C=C/c1ccc(Cl)c(C(F)(F)F)c1)NO. The lowest BCUT2D eigenvalue weighted by Gasteiger charge is -2.09. The molecule has 92 valence electrons. The molecule has 0 radical (unpaired) electrons. The van der Waals surface area contributed by atoms with E-state index >= 15 is 0 Å². The van der Waals surface area contributed by atoms with Crippen LogP contribution in [0.15, 0.2) is 24.3 Å². The number of benzene rings is 1. The number of hydroxylamine groups is 1. The Morgan fingerprint density at radius 1 is 1.41 bits per heavy atom. The van der Waals surface area contributed by atoms with Gasteiger partial charge >= 0.3 is 6.18 Å². The largest absolute Gasteiger partial charge is 0.417 e. The average Bonchev–Trinajstić information content (AvgIpc) is 2.26. The lowest BCUT2D eigenvalue weighted by Crippen LogP contribution is -2.14. The van der Waals surface area contributed by atoms with Gasteiger partial charge < -0.3 is 0 Å². The van der Waals surface area contributed by atoms with Crippen LogP contribution in [0.5, 0.6) is 0 Å². The van der Waals surface area contributed by atoms with Crippen LogP contribution in [0.4, 0.5) is 13.2 Å². The summed E-state index contributed by atoms with van der Waals surface area (Å²) in [6.07, 6.45) is -2.54. The number of carbonyl (C=O) groups is 1. The fraction of sp³-hybridized carbons (Fsp3) is 0.100. The molecule has 0 saturated heterocycles. The summed E-state index contributed by atoms with van der Waals surface area (Å²) >= 11 is 5.41. The molecule has 1 rings (SSSR count). The molecule has 1 aromatic rings. The predicted molar refractivity (Wildman–Crippen MR) is 55.4 cm³/mol. The summed E-state index contributed by atoms with van der Waals surface area (Å²) in [5.41, 5.74) is 0.480. The van der Waals surface area contributed by atoms with Crippen molar-refractivity contribution in [1.82, 2.24) is 5.48 Å². The van der Waals surface area contributed by atoms with Gasteiger partial charge in [0.1, 0.15) is 0 Å². The van der Waals surface area contributed by atoms with Crippen molar-refractivity contribution in [2.75, 3.05) is 0 Å². The van der Waals surface area contributed by atoms with Crippen molar-refractivity contribution in [1.29, 1.82) is 0 Å². The summed E-state index contributed by atoms with van der Waals surface area (Å²) in [5.74, 6) is -0.839. The van der Waals surface area contributed by atoms with E-state index in [0.717, 1.165) is 24.3 Å². The van der Waals surface area contributed by atoms with E-state index in [-0.39, 0.29) is 5.56 Å². The third-order valence-electron chi connectivity index (χ3n) is 1.83. The maximum Gasteiger partial charge on any atom is 0.417 e. The molecule has 0 aliphatic rings. The zero-order valence-corrected chi connectivity index (χ0v) is 9.01. The summed E-state index contributed by atoms with van der Waals surface area (Å²) < 4.78 is 37.4. The summed E-state index contributed by atoms with van der Waals surface area (Å²) in [6.45, 7) is 0. The lowest BCUT2D eigenvalue weighted by atomic mass is 10.1. The molecule has 2 N–H and O–H groups in total. The summed E-state index contributed by atoms with van der Waals surface area (Å²) in [6, 6.07) is 3.21. The first-order valence-corrected chi connectivity index (χ1v) is 4.71. The summed E-state index contributed by atoms with van der Waals surface area (Å²) in [4.78, 5) is 10.6. The highest BCUT2D eigenvalue weighted by molar-refractivity contribution is 6.31. The molecule has 3 nitrogen and oxygen atoms in total. The first-order chi connectivity index (χ1) is 7.84. The van der Waals surface area contributed by atoms with Crippen molar-refractivity contribution in [3.63, 3.8) is 0 Å². The van der Waals surface area contributed by atoms with Gasteiger partial charge in [0.05, 0.1) is 10.6 Å². The van der Waals surface area contributed by atoms with Crippen LogP contribution in [0.2, 0.25) is 5.02 Å². The smallest absolute Gasteiger partial charge is 0.288 e. The lowest BCUT2D eigenvalue weighted by molar-refractivity contribution is -0.137. The minimum absolute atomic E-state index is 0.144. The number of carbonyl (C=O) groups excluding carboxylic acids is 1. The van der Waals surface area contributed by atoms with E-state index in [4.69, 9.17) is 16.8 Å². The van der Waals surface area contributed by atoms with Crippen molar-refractivity contribution in [3.05, 3.63) is 40.4 Å². The number of halogens is 4. The van der Waals surface area contributed by atoms with E-state index in [1.807, 2.05) is 0 Å². The van der Waals surface area contributed by atoms with Gasteiger partial charge in [-0.2, -0.15) is 13.2 Å². The summed E-state index contributed by atoms with van der Waals surface area (Å²) in [7, 11) is 0. The Labute approximate surface area is 99.5 Å². The molecule has 0 saturated carbocycles. The molecule has 1 aromatic carbocycles. The number of hydrogen-bond acceptors (Lipinski definition) is 2.